The summed E-state index contributed by atoms with van der Waals surface area (Å²) in [7, 11) is 1.23. The first-order chi connectivity index (χ1) is 7.56. The van der Waals surface area contributed by atoms with E-state index in [1.165, 1.54) is 7.11 Å². The predicted molar refractivity (Wildman–Crippen MR) is 60.2 cm³/mol. The summed E-state index contributed by atoms with van der Waals surface area (Å²) in [5.41, 5.74) is 6.02. The zero-order valence-corrected chi connectivity index (χ0v) is 9.38. The number of anilines is 1. The Labute approximate surface area is 97.5 Å². The van der Waals surface area contributed by atoms with Crippen LogP contribution in [0.4, 0.5) is 5.69 Å². The van der Waals surface area contributed by atoms with Crippen LogP contribution in [0.1, 0.15) is 10.4 Å². The van der Waals surface area contributed by atoms with E-state index < -0.39 is 11.9 Å². The summed E-state index contributed by atoms with van der Waals surface area (Å²) in [5.74, 6) is -1.05. The molecule has 0 aromatic heterocycles. The fourth-order valence-corrected chi connectivity index (χ4v) is 1.36. The molecular weight excluding hydrogens is 232 g/mol. The lowest BCUT2D eigenvalue weighted by molar-refractivity contribution is -0.139. The third kappa shape index (κ3) is 2.87. The SMILES string of the molecule is COC(=O)CNC(=O)c1c(N)cccc1Cl. The number of hydrogen-bond acceptors (Lipinski definition) is 4. The van der Waals surface area contributed by atoms with Crippen molar-refractivity contribution in [3.8, 4) is 0 Å². The first-order valence-corrected chi connectivity index (χ1v) is 4.83. The fourth-order valence-electron chi connectivity index (χ4n) is 1.09. The molecule has 0 aliphatic rings. The Bertz CT molecular complexity index is 400. The highest BCUT2D eigenvalue weighted by atomic mass is 35.5. The third-order valence-electron chi connectivity index (χ3n) is 1.89. The third-order valence-corrected chi connectivity index (χ3v) is 2.21. The molecule has 0 fully saturated rings. The number of carbonyl (C=O) groups excluding carboxylic acids is 2. The summed E-state index contributed by atoms with van der Waals surface area (Å²) in [4.78, 5) is 22.4. The van der Waals surface area contributed by atoms with Crippen LogP contribution in [0.5, 0.6) is 0 Å². The minimum atomic E-state index is -0.543. The number of benzene rings is 1. The Kier molecular flexibility index (Phi) is 4.13. The number of nitrogen functional groups attached to an aromatic ring is 1. The molecule has 16 heavy (non-hydrogen) atoms. The largest absolute Gasteiger partial charge is 0.468 e. The van der Waals surface area contributed by atoms with E-state index in [1.54, 1.807) is 18.2 Å². The quantitative estimate of drug-likeness (QED) is 0.608. The zero-order valence-electron chi connectivity index (χ0n) is 8.62. The lowest BCUT2D eigenvalue weighted by Gasteiger charge is -2.07. The molecule has 1 aromatic carbocycles. The number of carbonyl (C=O) groups is 2. The maximum atomic E-state index is 11.6. The molecule has 0 aliphatic carbocycles. The highest BCUT2D eigenvalue weighted by Gasteiger charge is 2.14. The summed E-state index contributed by atoms with van der Waals surface area (Å²) in [5, 5.41) is 2.59. The molecule has 0 heterocycles. The monoisotopic (exact) mass is 242 g/mol. The van der Waals surface area contributed by atoms with Gasteiger partial charge in [-0.25, -0.2) is 0 Å². The molecule has 0 atom stereocenters. The second-order valence-corrected chi connectivity index (χ2v) is 3.37. The summed E-state index contributed by atoms with van der Waals surface area (Å²) in [6, 6.07) is 4.73. The van der Waals surface area contributed by atoms with Gasteiger partial charge < -0.3 is 15.8 Å². The molecule has 5 nitrogen and oxygen atoms in total. The van der Waals surface area contributed by atoms with E-state index in [0.29, 0.717) is 0 Å². The summed E-state index contributed by atoms with van der Waals surface area (Å²) >= 11 is 5.82. The Morgan fingerprint density at radius 2 is 2.19 bits per heavy atom. The molecule has 86 valence electrons. The van der Waals surface area contributed by atoms with Gasteiger partial charge in [0.1, 0.15) is 6.54 Å². The number of methoxy groups -OCH3 is 1. The number of amides is 1. The van der Waals surface area contributed by atoms with E-state index in [1.807, 2.05) is 0 Å². The van der Waals surface area contributed by atoms with E-state index in [0.717, 1.165) is 0 Å². The number of ether oxygens (including phenoxy) is 1. The van der Waals surface area contributed by atoms with Crippen molar-refractivity contribution in [1.29, 1.82) is 0 Å². The number of nitrogens with two attached hydrogens (primary N) is 1. The number of halogens is 1. The Hall–Kier alpha value is -1.75. The standard InChI is InChI=1S/C10H11ClN2O3/c1-16-8(14)5-13-10(15)9-6(11)3-2-4-7(9)12/h2-4H,5,12H2,1H3,(H,13,15). The fraction of sp³-hybridized carbons (Fsp3) is 0.200. The van der Waals surface area contributed by atoms with Crippen molar-refractivity contribution in [1.82, 2.24) is 5.32 Å². The minimum Gasteiger partial charge on any atom is -0.468 e. The maximum absolute atomic E-state index is 11.6. The Morgan fingerprint density at radius 1 is 1.50 bits per heavy atom. The lowest BCUT2D eigenvalue weighted by Crippen LogP contribution is -2.30. The number of hydrogen-bond donors (Lipinski definition) is 2. The Morgan fingerprint density at radius 3 is 2.75 bits per heavy atom. The number of rotatable bonds is 3. The molecule has 0 saturated heterocycles. The molecule has 0 unspecified atom stereocenters. The normalized spacial score (nSPS) is 9.62. The minimum absolute atomic E-state index is 0.160. The summed E-state index contributed by atoms with van der Waals surface area (Å²) in [6.07, 6.45) is 0. The van der Waals surface area contributed by atoms with Gasteiger partial charge >= 0.3 is 5.97 Å². The molecule has 0 spiro atoms. The van der Waals surface area contributed by atoms with Crippen LogP contribution in [-0.4, -0.2) is 25.5 Å². The number of nitrogens with one attached hydrogen (secondary N) is 1. The van der Waals surface area contributed by atoms with Crippen molar-refractivity contribution in [2.75, 3.05) is 19.4 Å². The van der Waals surface area contributed by atoms with Gasteiger partial charge in [0.05, 0.1) is 17.7 Å². The summed E-state index contributed by atoms with van der Waals surface area (Å²) in [6.45, 7) is -0.222. The van der Waals surface area contributed by atoms with Crippen molar-refractivity contribution in [2.24, 2.45) is 0 Å². The van der Waals surface area contributed by atoms with E-state index in [9.17, 15) is 9.59 Å². The molecule has 1 rings (SSSR count). The van der Waals surface area contributed by atoms with Crippen LogP contribution in [0.3, 0.4) is 0 Å². The molecular formula is C10H11ClN2O3. The van der Waals surface area contributed by atoms with Crippen molar-refractivity contribution in [3.05, 3.63) is 28.8 Å². The molecule has 3 N–H and O–H groups in total. The van der Waals surface area contributed by atoms with Crippen molar-refractivity contribution in [2.45, 2.75) is 0 Å². The van der Waals surface area contributed by atoms with E-state index in [4.69, 9.17) is 17.3 Å². The van der Waals surface area contributed by atoms with Crippen LogP contribution in [0, 0.1) is 0 Å². The van der Waals surface area contributed by atoms with E-state index in [-0.39, 0.29) is 22.8 Å². The zero-order chi connectivity index (χ0) is 12.1. The first kappa shape index (κ1) is 12.3. The van der Waals surface area contributed by atoms with Crippen molar-refractivity contribution < 1.29 is 14.3 Å². The van der Waals surface area contributed by atoms with E-state index >= 15 is 0 Å². The lowest BCUT2D eigenvalue weighted by atomic mass is 10.1. The second-order valence-electron chi connectivity index (χ2n) is 2.96. The van der Waals surface area contributed by atoms with Gasteiger partial charge in [-0.2, -0.15) is 0 Å². The van der Waals surface area contributed by atoms with E-state index in [2.05, 4.69) is 10.1 Å². The molecule has 1 aromatic rings. The van der Waals surface area contributed by atoms with Crippen molar-refractivity contribution >= 4 is 29.2 Å². The van der Waals surface area contributed by atoms with Crippen LogP contribution in [0.2, 0.25) is 5.02 Å². The molecule has 6 heteroatoms. The van der Waals surface area contributed by atoms with Gasteiger partial charge in [-0.15, -0.1) is 0 Å². The highest BCUT2D eigenvalue weighted by Crippen LogP contribution is 2.21. The van der Waals surface area contributed by atoms with Gasteiger partial charge in [-0.3, -0.25) is 9.59 Å². The molecule has 0 saturated carbocycles. The topological polar surface area (TPSA) is 81.4 Å². The van der Waals surface area contributed by atoms with Crippen molar-refractivity contribution in [3.63, 3.8) is 0 Å². The van der Waals surface area contributed by atoms with Gasteiger partial charge in [0.25, 0.3) is 5.91 Å². The van der Waals surface area contributed by atoms with Crippen LogP contribution in [-0.2, 0) is 9.53 Å². The van der Waals surface area contributed by atoms with Crippen LogP contribution in [0.15, 0.2) is 18.2 Å². The number of esters is 1. The molecule has 0 aliphatic heterocycles. The van der Waals surface area contributed by atoms with Crippen LogP contribution in [0.25, 0.3) is 0 Å². The average Bonchev–Trinajstić information content (AvgIpc) is 2.25. The molecule has 0 radical (unpaired) electrons. The van der Waals surface area contributed by atoms with Gasteiger partial charge in [0.15, 0.2) is 0 Å². The Balaban J connectivity index is 2.77. The highest BCUT2D eigenvalue weighted by molar-refractivity contribution is 6.34. The van der Waals surface area contributed by atoms with Crippen LogP contribution < -0.4 is 11.1 Å². The maximum Gasteiger partial charge on any atom is 0.325 e. The molecule has 1 amide bonds. The summed E-state index contributed by atoms with van der Waals surface area (Å²) < 4.78 is 4.38. The first-order valence-electron chi connectivity index (χ1n) is 4.45. The van der Waals surface area contributed by atoms with Gasteiger partial charge in [-0.1, -0.05) is 17.7 Å². The van der Waals surface area contributed by atoms with Crippen LogP contribution >= 0.6 is 11.6 Å². The smallest absolute Gasteiger partial charge is 0.325 e. The van der Waals surface area contributed by atoms with Gasteiger partial charge in [0, 0.05) is 5.69 Å². The predicted octanol–water partition coefficient (Wildman–Crippen LogP) is 0.825. The average molecular weight is 243 g/mol. The van der Waals surface area contributed by atoms with Gasteiger partial charge in [0.2, 0.25) is 0 Å². The molecule has 0 bridgehead atoms. The second kappa shape index (κ2) is 5.37. The van der Waals surface area contributed by atoms with Gasteiger partial charge in [-0.05, 0) is 12.1 Å².